The number of benzene rings is 1. The largest absolute Gasteiger partial charge is 0.368 e. The summed E-state index contributed by atoms with van der Waals surface area (Å²) < 4.78 is 0. The van der Waals surface area contributed by atoms with Gasteiger partial charge in [0.1, 0.15) is 0 Å². The molecule has 112 valence electrons. The first-order valence-corrected chi connectivity index (χ1v) is 7.36. The summed E-state index contributed by atoms with van der Waals surface area (Å²) in [6.45, 7) is 9.34. The molecule has 0 aliphatic rings. The van der Waals surface area contributed by atoms with E-state index < -0.39 is 0 Å². The summed E-state index contributed by atoms with van der Waals surface area (Å²) in [4.78, 5) is 13.4. The topological polar surface area (TPSA) is 58.4 Å². The van der Waals surface area contributed by atoms with Gasteiger partial charge >= 0.3 is 0 Å². The Labute approximate surface area is 122 Å². The smallest absolute Gasteiger partial charge is 0.236 e. The molecule has 3 N–H and O–H groups in total. The molecule has 1 aromatic rings. The van der Waals surface area contributed by atoms with E-state index in [2.05, 4.69) is 43.1 Å². The van der Waals surface area contributed by atoms with Gasteiger partial charge in [-0.3, -0.25) is 4.79 Å². The molecule has 0 saturated carbocycles. The number of amides is 1. The maximum Gasteiger partial charge on any atom is 0.236 e. The monoisotopic (exact) mass is 277 g/mol. The Morgan fingerprint density at radius 2 is 2.05 bits per heavy atom. The molecule has 0 atom stereocenters. The summed E-state index contributed by atoms with van der Waals surface area (Å²) in [6, 6.07) is 8.21. The van der Waals surface area contributed by atoms with Crippen LogP contribution >= 0.6 is 0 Å². The minimum atomic E-state index is -0.290. The van der Waals surface area contributed by atoms with Gasteiger partial charge < -0.3 is 16.0 Å². The van der Waals surface area contributed by atoms with Crippen molar-refractivity contribution in [1.82, 2.24) is 5.32 Å². The van der Waals surface area contributed by atoms with Crippen molar-refractivity contribution in [1.29, 1.82) is 0 Å². The molecule has 0 aromatic heterocycles. The van der Waals surface area contributed by atoms with Crippen LogP contribution < -0.4 is 16.0 Å². The quantitative estimate of drug-likeness (QED) is 0.680. The van der Waals surface area contributed by atoms with Gasteiger partial charge in [0.25, 0.3) is 0 Å². The van der Waals surface area contributed by atoms with Crippen molar-refractivity contribution in [3.8, 4) is 0 Å². The van der Waals surface area contributed by atoms with Gasteiger partial charge in [-0.1, -0.05) is 39.0 Å². The summed E-state index contributed by atoms with van der Waals surface area (Å²) in [7, 11) is 0. The predicted molar refractivity (Wildman–Crippen MR) is 84.7 cm³/mol. The highest BCUT2D eigenvalue weighted by atomic mass is 16.1. The van der Waals surface area contributed by atoms with Crippen LogP contribution in [0.25, 0.3) is 0 Å². The molecule has 0 aliphatic heterocycles. The molecule has 0 spiro atoms. The Morgan fingerprint density at radius 3 is 2.65 bits per heavy atom. The standard InChI is InChI=1S/C16H27N3O/c1-4-9-18-10-14-7-5-6-8-15(14)19(11-13(2)3)12-16(17)20/h5-8,13,18H,4,9-12H2,1-3H3,(H2,17,20). The van der Waals surface area contributed by atoms with Crippen LogP contribution in [0.5, 0.6) is 0 Å². The number of nitrogens with one attached hydrogen (secondary N) is 1. The molecule has 0 bridgehead atoms. The highest BCUT2D eigenvalue weighted by Crippen LogP contribution is 2.21. The molecule has 1 amide bonds. The summed E-state index contributed by atoms with van der Waals surface area (Å²) in [6.07, 6.45) is 1.11. The van der Waals surface area contributed by atoms with Gasteiger partial charge in [-0.2, -0.15) is 0 Å². The number of rotatable bonds is 9. The first-order valence-electron chi connectivity index (χ1n) is 7.36. The lowest BCUT2D eigenvalue weighted by atomic mass is 10.1. The third-order valence-electron chi connectivity index (χ3n) is 3.01. The highest BCUT2D eigenvalue weighted by Gasteiger charge is 2.14. The van der Waals surface area contributed by atoms with Gasteiger partial charge in [0.15, 0.2) is 0 Å². The highest BCUT2D eigenvalue weighted by molar-refractivity contribution is 5.80. The molecule has 1 aromatic carbocycles. The van der Waals surface area contributed by atoms with E-state index in [9.17, 15) is 4.79 Å². The van der Waals surface area contributed by atoms with E-state index in [0.29, 0.717) is 5.92 Å². The molecule has 0 aliphatic carbocycles. The third-order valence-corrected chi connectivity index (χ3v) is 3.01. The van der Waals surface area contributed by atoms with Crippen LogP contribution in [0.1, 0.15) is 32.8 Å². The third kappa shape index (κ3) is 5.61. The van der Waals surface area contributed by atoms with E-state index >= 15 is 0 Å². The molecule has 0 radical (unpaired) electrons. The lowest BCUT2D eigenvalue weighted by Gasteiger charge is -2.27. The number of carbonyl (C=O) groups excluding carboxylic acids is 1. The minimum Gasteiger partial charge on any atom is -0.368 e. The van der Waals surface area contributed by atoms with Gasteiger partial charge in [0.05, 0.1) is 6.54 Å². The van der Waals surface area contributed by atoms with Gasteiger partial charge in [-0.25, -0.2) is 0 Å². The Balaban J connectivity index is 2.90. The summed E-state index contributed by atoms with van der Waals surface area (Å²) in [5.74, 6) is 0.188. The second-order valence-corrected chi connectivity index (χ2v) is 5.55. The Bertz CT molecular complexity index is 418. The van der Waals surface area contributed by atoms with Gasteiger partial charge in [0.2, 0.25) is 5.91 Å². The normalized spacial score (nSPS) is 10.8. The minimum absolute atomic E-state index is 0.267. The number of carbonyl (C=O) groups is 1. The maximum absolute atomic E-state index is 11.3. The zero-order chi connectivity index (χ0) is 15.0. The van der Waals surface area contributed by atoms with E-state index in [0.717, 1.165) is 31.7 Å². The lowest BCUT2D eigenvalue weighted by molar-refractivity contribution is -0.116. The fourth-order valence-corrected chi connectivity index (χ4v) is 2.25. The first kappa shape index (κ1) is 16.5. The van der Waals surface area contributed by atoms with E-state index in [1.54, 1.807) is 0 Å². The van der Waals surface area contributed by atoms with Gasteiger partial charge in [-0.05, 0) is 30.5 Å². The fourth-order valence-electron chi connectivity index (χ4n) is 2.25. The molecule has 1 rings (SSSR count). The SMILES string of the molecule is CCCNCc1ccccc1N(CC(N)=O)CC(C)C. The number of nitrogens with two attached hydrogens (primary N) is 1. The summed E-state index contributed by atoms with van der Waals surface area (Å²) in [5.41, 5.74) is 7.69. The summed E-state index contributed by atoms with van der Waals surface area (Å²) >= 11 is 0. The van der Waals surface area contributed by atoms with Crippen LogP contribution in [-0.4, -0.2) is 25.5 Å². The maximum atomic E-state index is 11.3. The molecule has 0 heterocycles. The average Bonchev–Trinajstić information content (AvgIpc) is 2.38. The van der Waals surface area contributed by atoms with Crippen molar-refractivity contribution < 1.29 is 4.79 Å². The number of hydrogen-bond donors (Lipinski definition) is 2. The number of para-hydroxylation sites is 1. The molecule has 4 heteroatoms. The van der Waals surface area contributed by atoms with Crippen molar-refractivity contribution in [3.05, 3.63) is 29.8 Å². The van der Waals surface area contributed by atoms with Crippen LogP contribution in [0.15, 0.2) is 24.3 Å². The van der Waals surface area contributed by atoms with Crippen LogP contribution in [0.4, 0.5) is 5.69 Å². The van der Waals surface area contributed by atoms with Crippen LogP contribution in [0.2, 0.25) is 0 Å². The van der Waals surface area contributed by atoms with Crippen LogP contribution in [-0.2, 0) is 11.3 Å². The van der Waals surface area contributed by atoms with Crippen molar-refractivity contribution in [2.75, 3.05) is 24.5 Å². The van der Waals surface area contributed by atoms with Crippen LogP contribution in [0, 0.1) is 5.92 Å². The number of primary amides is 1. The molecule has 20 heavy (non-hydrogen) atoms. The molecular weight excluding hydrogens is 250 g/mol. The van der Waals surface area contributed by atoms with E-state index in [-0.39, 0.29) is 12.5 Å². The molecule has 0 saturated heterocycles. The molecule has 4 nitrogen and oxygen atoms in total. The second kappa shape index (κ2) is 8.59. The van der Waals surface area contributed by atoms with Gasteiger partial charge in [0, 0.05) is 18.8 Å². The van der Waals surface area contributed by atoms with E-state index in [1.807, 2.05) is 12.1 Å². The Morgan fingerprint density at radius 1 is 1.35 bits per heavy atom. The van der Waals surface area contributed by atoms with Gasteiger partial charge in [-0.15, -0.1) is 0 Å². The molecule has 0 fully saturated rings. The first-order chi connectivity index (χ1) is 9.54. The molecular formula is C16H27N3O. The molecule has 0 unspecified atom stereocenters. The number of nitrogens with zero attached hydrogens (tertiary/aromatic N) is 1. The zero-order valence-electron chi connectivity index (χ0n) is 12.9. The second-order valence-electron chi connectivity index (χ2n) is 5.55. The average molecular weight is 277 g/mol. The lowest BCUT2D eigenvalue weighted by Crippen LogP contribution is -2.37. The van der Waals surface area contributed by atoms with Crippen molar-refractivity contribution >= 4 is 11.6 Å². The Kier molecular flexibility index (Phi) is 7.09. The fraction of sp³-hybridized carbons (Fsp3) is 0.562. The zero-order valence-corrected chi connectivity index (χ0v) is 12.9. The van der Waals surface area contributed by atoms with Crippen molar-refractivity contribution in [2.45, 2.75) is 33.7 Å². The van der Waals surface area contributed by atoms with Crippen molar-refractivity contribution in [2.24, 2.45) is 11.7 Å². The van der Waals surface area contributed by atoms with Crippen LogP contribution in [0.3, 0.4) is 0 Å². The predicted octanol–water partition coefficient (Wildman–Crippen LogP) is 2.13. The van der Waals surface area contributed by atoms with Crippen molar-refractivity contribution in [3.63, 3.8) is 0 Å². The number of hydrogen-bond acceptors (Lipinski definition) is 3. The Hall–Kier alpha value is -1.55. The number of anilines is 1. The summed E-state index contributed by atoms with van der Waals surface area (Å²) in [5, 5.41) is 3.41. The van der Waals surface area contributed by atoms with E-state index in [1.165, 1.54) is 5.56 Å². The van der Waals surface area contributed by atoms with E-state index in [4.69, 9.17) is 5.73 Å².